The lowest BCUT2D eigenvalue weighted by Crippen LogP contribution is -2.00. The van der Waals surface area contributed by atoms with E-state index >= 15 is 0 Å². The number of rotatable bonds is 3. The Kier molecular flexibility index (Phi) is 4.29. The molecule has 2 heteroatoms. The molecule has 0 fully saturated rings. The zero-order valence-corrected chi connectivity index (χ0v) is 6.35. The third kappa shape index (κ3) is 3.07. The Bertz CT molecular complexity index is 168. The van der Waals surface area contributed by atoms with Crippen molar-refractivity contribution >= 4 is 5.91 Å². The third-order valence-electron chi connectivity index (χ3n) is 1.16. The first-order valence-corrected chi connectivity index (χ1v) is 3.30. The highest BCUT2D eigenvalue weighted by atomic mass is 16.1. The predicted molar refractivity (Wildman–Crippen MR) is 41.3 cm³/mol. The van der Waals surface area contributed by atoms with Crippen LogP contribution in [-0.2, 0) is 4.79 Å². The van der Waals surface area contributed by atoms with Gasteiger partial charge < -0.3 is 0 Å². The van der Waals surface area contributed by atoms with Gasteiger partial charge in [0.1, 0.15) is 0 Å². The summed E-state index contributed by atoms with van der Waals surface area (Å²) in [6.07, 6.45) is 5.91. The van der Waals surface area contributed by atoms with Crippen molar-refractivity contribution in [3.8, 4) is 0 Å². The highest BCUT2D eigenvalue weighted by Gasteiger charge is 1.98. The number of nitrogens with one attached hydrogen (secondary N) is 1. The van der Waals surface area contributed by atoms with Crippen molar-refractivity contribution < 1.29 is 4.79 Å². The van der Waals surface area contributed by atoms with E-state index in [2.05, 4.69) is 0 Å². The number of hydrogen-bond acceptors (Lipinski definition) is 1. The summed E-state index contributed by atoms with van der Waals surface area (Å²) in [6.45, 7) is 3.74. The third-order valence-corrected chi connectivity index (χ3v) is 1.16. The van der Waals surface area contributed by atoms with E-state index in [1.165, 1.54) is 0 Å². The van der Waals surface area contributed by atoms with Crippen LogP contribution in [0.2, 0.25) is 0 Å². The van der Waals surface area contributed by atoms with Crippen LogP contribution < -0.4 is 5.73 Å². The summed E-state index contributed by atoms with van der Waals surface area (Å²) in [7, 11) is 0. The molecular formula is C8H12NO. The molecule has 1 N–H and O–H groups in total. The number of hydrogen-bond donors (Lipinski definition) is 0. The first-order valence-electron chi connectivity index (χ1n) is 3.30. The fourth-order valence-electron chi connectivity index (χ4n) is 0.566. The molecule has 1 radical (unpaired) electrons. The molecular weight excluding hydrogens is 126 g/mol. The van der Waals surface area contributed by atoms with Crippen LogP contribution in [0, 0.1) is 0 Å². The standard InChI is InChI=1S/C8H12NO/c1-3-5-6-7(4-2)8(9)10/h3,5-6,9H,4H2,1-2H3. The number of allylic oxidation sites excluding steroid dienone is 3. The van der Waals surface area contributed by atoms with Gasteiger partial charge in [0.2, 0.25) is 0 Å². The molecule has 10 heavy (non-hydrogen) atoms. The second kappa shape index (κ2) is 4.79. The molecule has 0 unspecified atom stereocenters. The monoisotopic (exact) mass is 138 g/mol. The maximum atomic E-state index is 10.4. The van der Waals surface area contributed by atoms with Gasteiger partial charge in [-0.2, -0.15) is 0 Å². The maximum Gasteiger partial charge on any atom is 0.265 e. The van der Waals surface area contributed by atoms with Gasteiger partial charge in [0, 0.05) is 5.57 Å². The van der Waals surface area contributed by atoms with Crippen LogP contribution in [0.5, 0.6) is 0 Å². The SMILES string of the molecule is CC=CC=C(CC)C([NH])=O. The number of carbonyl (C=O) groups is 1. The van der Waals surface area contributed by atoms with E-state index in [9.17, 15) is 4.79 Å². The first-order chi connectivity index (χ1) is 4.72. The second-order valence-corrected chi connectivity index (χ2v) is 1.90. The Balaban J connectivity index is 4.18. The quantitative estimate of drug-likeness (QED) is 0.432. The van der Waals surface area contributed by atoms with E-state index in [-0.39, 0.29) is 0 Å². The van der Waals surface area contributed by atoms with Crippen molar-refractivity contribution in [3.05, 3.63) is 23.8 Å². The molecule has 0 saturated carbocycles. The van der Waals surface area contributed by atoms with E-state index in [4.69, 9.17) is 5.73 Å². The summed E-state index contributed by atoms with van der Waals surface area (Å²) in [5.41, 5.74) is 7.33. The molecule has 2 nitrogen and oxygen atoms in total. The lowest BCUT2D eigenvalue weighted by Gasteiger charge is -1.92. The molecule has 0 heterocycles. The maximum absolute atomic E-state index is 10.4. The summed E-state index contributed by atoms with van der Waals surface area (Å²) in [4.78, 5) is 10.4. The van der Waals surface area contributed by atoms with Crippen LogP contribution in [0.4, 0.5) is 0 Å². The fourth-order valence-corrected chi connectivity index (χ4v) is 0.566. The molecule has 0 aromatic heterocycles. The molecule has 0 atom stereocenters. The van der Waals surface area contributed by atoms with Gasteiger partial charge >= 0.3 is 0 Å². The summed E-state index contributed by atoms with van der Waals surface area (Å²) < 4.78 is 0. The van der Waals surface area contributed by atoms with Crippen molar-refractivity contribution in [2.75, 3.05) is 0 Å². The zero-order chi connectivity index (χ0) is 7.98. The summed E-state index contributed by atoms with van der Waals surface area (Å²) >= 11 is 0. The first kappa shape index (κ1) is 8.95. The summed E-state index contributed by atoms with van der Waals surface area (Å²) in [6, 6.07) is 0. The minimum atomic E-state index is -0.583. The number of amides is 1. The van der Waals surface area contributed by atoms with Crippen LogP contribution in [0.15, 0.2) is 23.8 Å². The molecule has 0 aromatic carbocycles. The molecule has 0 aliphatic rings. The predicted octanol–water partition coefficient (Wildman–Crippen LogP) is 1.71. The topological polar surface area (TPSA) is 40.9 Å². The van der Waals surface area contributed by atoms with Gasteiger partial charge in [-0.3, -0.25) is 10.5 Å². The largest absolute Gasteiger partial charge is 0.268 e. The fraction of sp³-hybridized carbons (Fsp3) is 0.375. The van der Waals surface area contributed by atoms with E-state index in [0.29, 0.717) is 12.0 Å². The molecule has 0 saturated heterocycles. The van der Waals surface area contributed by atoms with Gasteiger partial charge in [-0.05, 0) is 13.3 Å². The molecule has 0 aromatic rings. The Morgan fingerprint density at radius 1 is 1.60 bits per heavy atom. The van der Waals surface area contributed by atoms with Crippen molar-refractivity contribution in [1.29, 1.82) is 0 Å². The molecule has 1 amide bonds. The van der Waals surface area contributed by atoms with E-state index < -0.39 is 5.91 Å². The summed E-state index contributed by atoms with van der Waals surface area (Å²) in [5.74, 6) is -0.583. The smallest absolute Gasteiger partial charge is 0.265 e. The van der Waals surface area contributed by atoms with Gasteiger partial charge in [-0.1, -0.05) is 25.2 Å². The molecule has 0 aliphatic carbocycles. The number of carbonyl (C=O) groups excluding carboxylic acids is 1. The minimum absolute atomic E-state index is 0.554. The van der Waals surface area contributed by atoms with Gasteiger partial charge in [0.15, 0.2) is 0 Å². The van der Waals surface area contributed by atoms with Crippen LogP contribution in [0.25, 0.3) is 0 Å². The molecule has 0 bridgehead atoms. The highest BCUT2D eigenvalue weighted by molar-refractivity contribution is 5.91. The van der Waals surface area contributed by atoms with Crippen LogP contribution >= 0.6 is 0 Å². The molecule has 0 spiro atoms. The van der Waals surface area contributed by atoms with E-state index in [1.807, 2.05) is 19.9 Å². The van der Waals surface area contributed by atoms with Crippen molar-refractivity contribution in [3.63, 3.8) is 0 Å². The molecule has 55 valence electrons. The summed E-state index contributed by atoms with van der Waals surface area (Å²) in [5, 5.41) is 0. The van der Waals surface area contributed by atoms with Gasteiger partial charge in [-0.15, -0.1) is 0 Å². The Morgan fingerprint density at radius 2 is 2.20 bits per heavy atom. The Morgan fingerprint density at radius 3 is 2.50 bits per heavy atom. The van der Waals surface area contributed by atoms with E-state index in [0.717, 1.165) is 0 Å². The molecule has 0 rings (SSSR count). The highest BCUT2D eigenvalue weighted by Crippen LogP contribution is 1.99. The Labute approximate surface area is 61.4 Å². The van der Waals surface area contributed by atoms with Gasteiger partial charge in [-0.25, -0.2) is 0 Å². The Hall–Kier alpha value is -1.05. The lowest BCUT2D eigenvalue weighted by atomic mass is 10.2. The van der Waals surface area contributed by atoms with Crippen molar-refractivity contribution in [1.82, 2.24) is 5.73 Å². The zero-order valence-electron chi connectivity index (χ0n) is 6.35. The van der Waals surface area contributed by atoms with Gasteiger partial charge in [0.25, 0.3) is 5.91 Å². The average Bonchev–Trinajstić information content (AvgIpc) is 1.89. The average molecular weight is 138 g/mol. The van der Waals surface area contributed by atoms with Crippen molar-refractivity contribution in [2.24, 2.45) is 0 Å². The van der Waals surface area contributed by atoms with Gasteiger partial charge in [0.05, 0.1) is 0 Å². The molecule has 0 aliphatic heterocycles. The van der Waals surface area contributed by atoms with E-state index in [1.54, 1.807) is 12.2 Å². The van der Waals surface area contributed by atoms with Crippen LogP contribution in [0.3, 0.4) is 0 Å². The van der Waals surface area contributed by atoms with Crippen molar-refractivity contribution in [2.45, 2.75) is 20.3 Å². The van der Waals surface area contributed by atoms with Crippen LogP contribution in [0.1, 0.15) is 20.3 Å². The second-order valence-electron chi connectivity index (χ2n) is 1.90. The van der Waals surface area contributed by atoms with Crippen LogP contribution in [-0.4, -0.2) is 5.91 Å². The lowest BCUT2D eigenvalue weighted by molar-refractivity contribution is -0.115. The minimum Gasteiger partial charge on any atom is -0.268 e. The normalized spacial score (nSPS) is 12.4.